The Balaban J connectivity index is 2.05. The molecule has 1 saturated carbocycles. The lowest BCUT2D eigenvalue weighted by atomic mass is 9.97. The van der Waals surface area contributed by atoms with E-state index in [1.165, 1.54) is 12.1 Å². The van der Waals surface area contributed by atoms with Gasteiger partial charge in [-0.15, -0.1) is 0 Å². The van der Waals surface area contributed by atoms with E-state index < -0.39 is 8.32 Å². The molecule has 0 spiro atoms. The zero-order chi connectivity index (χ0) is 20.2. The van der Waals surface area contributed by atoms with Gasteiger partial charge in [-0.25, -0.2) is 4.39 Å². The number of carbonyl (C=O) groups excluding carboxylic acids is 1. The quantitative estimate of drug-likeness (QED) is 0.470. The van der Waals surface area contributed by atoms with Gasteiger partial charge in [-0.2, -0.15) is 0 Å². The molecule has 0 aromatic heterocycles. The first kappa shape index (κ1) is 21.9. The van der Waals surface area contributed by atoms with Gasteiger partial charge in [-0.3, -0.25) is 4.79 Å². The lowest BCUT2D eigenvalue weighted by Crippen LogP contribution is -2.43. The second kappa shape index (κ2) is 8.74. The predicted molar refractivity (Wildman–Crippen MR) is 107 cm³/mol. The van der Waals surface area contributed by atoms with Crippen molar-refractivity contribution in [2.24, 2.45) is 11.8 Å². The van der Waals surface area contributed by atoms with Crippen LogP contribution in [0.25, 0.3) is 0 Å². The zero-order valence-corrected chi connectivity index (χ0v) is 18.4. The minimum atomic E-state index is -1.91. The third-order valence-corrected chi connectivity index (χ3v) is 10.3. The number of ether oxygens (including phenoxy) is 2. The van der Waals surface area contributed by atoms with Crippen LogP contribution in [0.2, 0.25) is 18.1 Å². The van der Waals surface area contributed by atoms with Gasteiger partial charge >= 0.3 is 5.97 Å². The standard InChI is InChI=1S/C21H33FO4Si/c1-7-24-20(23)19-13-18(26-27(5,6)21(2,3)4)12-15(19)14-25-17-10-8-16(22)9-11-17/h8-11,15,18-19H,7,12-14H2,1-6H3. The molecule has 0 saturated heterocycles. The third kappa shape index (κ3) is 5.78. The molecule has 152 valence electrons. The highest BCUT2D eigenvalue weighted by atomic mass is 28.4. The van der Waals surface area contributed by atoms with E-state index >= 15 is 0 Å². The summed E-state index contributed by atoms with van der Waals surface area (Å²) in [5.41, 5.74) is 0. The molecule has 27 heavy (non-hydrogen) atoms. The number of halogens is 1. The topological polar surface area (TPSA) is 44.8 Å². The number of carbonyl (C=O) groups is 1. The van der Waals surface area contributed by atoms with Gasteiger partial charge in [0.25, 0.3) is 0 Å². The van der Waals surface area contributed by atoms with Crippen molar-refractivity contribution in [1.29, 1.82) is 0 Å². The Bertz CT molecular complexity index is 624. The molecule has 1 aliphatic carbocycles. The fourth-order valence-corrected chi connectivity index (χ4v) is 4.60. The molecule has 0 amide bonds. The molecule has 6 heteroatoms. The van der Waals surface area contributed by atoms with Gasteiger partial charge in [-0.1, -0.05) is 20.8 Å². The molecule has 3 atom stereocenters. The summed E-state index contributed by atoms with van der Waals surface area (Å²) in [6, 6.07) is 5.95. The van der Waals surface area contributed by atoms with Crippen LogP contribution >= 0.6 is 0 Å². The summed E-state index contributed by atoms with van der Waals surface area (Å²) in [5.74, 6) is -0.0567. The molecule has 0 radical (unpaired) electrons. The molecule has 1 aliphatic rings. The van der Waals surface area contributed by atoms with E-state index in [2.05, 4.69) is 33.9 Å². The molecule has 0 bridgehead atoms. The van der Waals surface area contributed by atoms with E-state index in [1.54, 1.807) is 12.1 Å². The molecular weight excluding hydrogens is 363 g/mol. The minimum absolute atomic E-state index is 0.0314. The van der Waals surface area contributed by atoms with Crippen molar-refractivity contribution in [2.45, 2.75) is 64.8 Å². The number of hydrogen-bond donors (Lipinski definition) is 0. The van der Waals surface area contributed by atoms with Crippen LogP contribution in [0, 0.1) is 17.7 Å². The summed E-state index contributed by atoms with van der Waals surface area (Å²) in [6.07, 6.45) is 1.49. The van der Waals surface area contributed by atoms with Crippen molar-refractivity contribution in [2.75, 3.05) is 13.2 Å². The van der Waals surface area contributed by atoms with E-state index in [1.807, 2.05) is 6.92 Å². The van der Waals surface area contributed by atoms with E-state index in [0.717, 1.165) is 6.42 Å². The first-order valence-corrected chi connectivity index (χ1v) is 12.7. The molecule has 1 aromatic rings. The van der Waals surface area contributed by atoms with Crippen LogP contribution in [0.1, 0.15) is 40.5 Å². The largest absolute Gasteiger partial charge is 0.493 e. The van der Waals surface area contributed by atoms with E-state index in [0.29, 0.717) is 25.4 Å². The van der Waals surface area contributed by atoms with E-state index in [4.69, 9.17) is 13.9 Å². The van der Waals surface area contributed by atoms with Gasteiger partial charge in [0.15, 0.2) is 8.32 Å². The first-order chi connectivity index (χ1) is 12.5. The van der Waals surface area contributed by atoms with Crippen molar-refractivity contribution < 1.29 is 23.1 Å². The van der Waals surface area contributed by atoms with Crippen LogP contribution in [0.5, 0.6) is 5.75 Å². The summed E-state index contributed by atoms with van der Waals surface area (Å²) in [6.45, 7) is 13.7. The molecule has 3 unspecified atom stereocenters. The minimum Gasteiger partial charge on any atom is -0.493 e. The fourth-order valence-electron chi connectivity index (χ4n) is 3.22. The van der Waals surface area contributed by atoms with E-state index in [9.17, 15) is 9.18 Å². The fraction of sp³-hybridized carbons (Fsp3) is 0.667. The highest BCUT2D eigenvalue weighted by Crippen LogP contribution is 2.42. The summed E-state index contributed by atoms with van der Waals surface area (Å²) in [7, 11) is -1.91. The summed E-state index contributed by atoms with van der Waals surface area (Å²) in [4.78, 5) is 12.4. The van der Waals surface area contributed by atoms with Gasteiger partial charge in [0.05, 0.1) is 19.1 Å². The molecule has 1 aromatic carbocycles. The maximum atomic E-state index is 13.1. The van der Waals surface area contributed by atoms with Crippen LogP contribution in [-0.4, -0.2) is 33.6 Å². The van der Waals surface area contributed by atoms with Gasteiger partial charge in [0.1, 0.15) is 11.6 Å². The van der Waals surface area contributed by atoms with Gasteiger partial charge in [-0.05, 0) is 62.2 Å². The van der Waals surface area contributed by atoms with Crippen LogP contribution in [0.15, 0.2) is 24.3 Å². The highest BCUT2D eigenvalue weighted by molar-refractivity contribution is 6.74. The Morgan fingerprint density at radius 3 is 2.37 bits per heavy atom. The molecule has 2 rings (SSSR count). The number of hydrogen-bond acceptors (Lipinski definition) is 4. The zero-order valence-electron chi connectivity index (χ0n) is 17.4. The van der Waals surface area contributed by atoms with Crippen molar-refractivity contribution >= 4 is 14.3 Å². The Morgan fingerprint density at radius 1 is 1.19 bits per heavy atom. The monoisotopic (exact) mass is 396 g/mol. The maximum absolute atomic E-state index is 13.1. The molecule has 0 N–H and O–H groups in total. The highest BCUT2D eigenvalue weighted by Gasteiger charge is 2.45. The van der Waals surface area contributed by atoms with Crippen LogP contribution in [0.3, 0.4) is 0 Å². The van der Waals surface area contributed by atoms with Crippen molar-refractivity contribution in [3.8, 4) is 5.75 Å². The smallest absolute Gasteiger partial charge is 0.309 e. The Kier molecular flexibility index (Phi) is 7.08. The number of benzene rings is 1. The Hall–Kier alpha value is -1.40. The molecule has 1 fully saturated rings. The lowest BCUT2D eigenvalue weighted by molar-refractivity contribution is -0.149. The maximum Gasteiger partial charge on any atom is 0.309 e. The number of rotatable bonds is 7. The SMILES string of the molecule is CCOC(=O)C1CC(O[Si](C)(C)C(C)(C)C)CC1COc1ccc(F)cc1. The summed E-state index contributed by atoms with van der Waals surface area (Å²) >= 11 is 0. The lowest BCUT2D eigenvalue weighted by Gasteiger charge is -2.38. The van der Waals surface area contributed by atoms with E-state index in [-0.39, 0.29) is 34.8 Å². The van der Waals surface area contributed by atoms with Crippen LogP contribution in [-0.2, 0) is 14.0 Å². The molecular formula is C21H33FO4Si. The molecule has 0 aliphatic heterocycles. The Morgan fingerprint density at radius 2 is 1.81 bits per heavy atom. The van der Waals surface area contributed by atoms with Crippen molar-refractivity contribution in [1.82, 2.24) is 0 Å². The summed E-state index contributed by atoms with van der Waals surface area (Å²) < 4.78 is 30.7. The van der Waals surface area contributed by atoms with Crippen LogP contribution in [0.4, 0.5) is 4.39 Å². The first-order valence-electron chi connectivity index (χ1n) is 9.76. The van der Waals surface area contributed by atoms with Gasteiger partial charge < -0.3 is 13.9 Å². The van der Waals surface area contributed by atoms with Gasteiger partial charge in [0, 0.05) is 12.0 Å². The second-order valence-electron chi connectivity index (χ2n) is 8.86. The number of esters is 1. The van der Waals surface area contributed by atoms with Crippen molar-refractivity contribution in [3.05, 3.63) is 30.1 Å². The second-order valence-corrected chi connectivity index (χ2v) is 13.6. The summed E-state index contributed by atoms with van der Waals surface area (Å²) in [5, 5.41) is 0.120. The average Bonchev–Trinajstić information content (AvgIpc) is 2.95. The van der Waals surface area contributed by atoms with Gasteiger partial charge in [0.2, 0.25) is 0 Å². The third-order valence-electron chi connectivity index (χ3n) is 5.79. The predicted octanol–water partition coefficient (Wildman–Crippen LogP) is 5.18. The Labute approximate surface area is 163 Å². The normalized spacial score (nSPS) is 23.3. The molecule has 0 heterocycles. The van der Waals surface area contributed by atoms with Crippen LogP contribution < -0.4 is 4.74 Å². The van der Waals surface area contributed by atoms with Crippen molar-refractivity contribution in [3.63, 3.8) is 0 Å². The molecule has 4 nitrogen and oxygen atoms in total. The average molecular weight is 397 g/mol.